The first-order valence-corrected chi connectivity index (χ1v) is 33.8. The van der Waals surface area contributed by atoms with Gasteiger partial charge in [-0.05, 0) is 154 Å². The van der Waals surface area contributed by atoms with Crippen molar-refractivity contribution in [3.63, 3.8) is 0 Å². The summed E-state index contributed by atoms with van der Waals surface area (Å²) in [5.74, 6) is 1.66. The van der Waals surface area contributed by atoms with Crippen LogP contribution in [0.25, 0.3) is 197 Å². The monoisotopic (exact) mass is 1270 g/mol. The molecule has 0 aliphatic heterocycles. The number of hydrogen-bond donors (Lipinski definition) is 0. The van der Waals surface area contributed by atoms with Gasteiger partial charge in [-0.25, -0.2) is 19.9 Å². The average molecular weight is 1270 g/mol. The van der Waals surface area contributed by atoms with Gasteiger partial charge in [-0.1, -0.05) is 206 Å². The first-order chi connectivity index (χ1) is 48.6. The van der Waals surface area contributed by atoms with Crippen molar-refractivity contribution in [3.05, 3.63) is 315 Å². The van der Waals surface area contributed by atoms with E-state index in [1.54, 1.807) is 0 Å². The molecule has 14 aromatic carbocycles. The summed E-state index contributed by atoms with van der Waals surface area (Å²) in [7, 11) is 0. The lowest BCUT2D eigenvalue weighted by molar-refractivity contribution is 0.669. The maximum Gasteiger partial charge on any atom is 0.221 e. The van der Waals surface area contributed by atoms with Crippen molar-refractivity contribution in [2.24, 2.45) is 0 Å². The maximum absolute atomic E-state index is 6.06. The van der Waals surface area contributed by atoms with Gasteiger partial charge in [0.05, 0.1) is 55.2 Å². The summed E-state index contributed by atoms with van der Waals surface area (Å²) in [4.78, 5) is 20.8. The Morgan fingerprint density at radius 2 is 0.633 bits per heavy atom. The largest absolute Gasteiger partial charge is 0.456 e. The summed E-state index contributed by atoms with van der Waals surface area (Å²) < 4.78 is 17.7. The van der Waals surface area contributed by atoms with E-state index in [9.17, 15) is 0 Å². The van der Waals surface area contributed by atoms with Gasteiger partial charge in [0, 0.05) is 63.3 Å². The molecule has 9 nitrogen and oxygen atoms in total. The zero-order valence-corrected chi connectivity index (χ0v) is 53.2. The summed E-state index contributed by atoms with van der Waals surface area (Å²) in [6, 6.07) is 112. The van der Waals surface area contributed by atoms with Gasteiger partial charge >= 0.3 is 0 Å². The van der Waals surface area contributed by atoms with Crippen LogP contribution in [0.5, 0.6) is 0 Å². The molecule has 22 rings (SSSR count). The predicted molar refractivity (Wildman–Crippen MR) is 407 cm³/mol. The highest BCUT2D eigenvalue weighted by atomic mass is 32.1. The Hall–Kier alpha value is -13.0. The van der Waals surface area contributed by atoms with Crippen LogP contribution in [0.15, 0.2) is 320 Å². The smallest absolute Gasteiger partial charge is 0.221 e. The van der Waals surface area contributed by atoms with Gasteiger partial charge in [0.15, 0.2) is 0 Å². The van der Waals surface area contributed by atoms with Gasteiger partial charge in [0.1, 0.15) is 22.5 Å². The molecule has 0 atom stereocenters. The van der Waals surface area contributed by atoms with Crippen LogP contribution < -0.4 is 0 Å². The minimum absolute atomic E-state index is 0.827. The number of nitrogens with zero attached hydrogens (tertiary/aromatic N) is 8. The van der Waals surface area contributed by atoms with Crippen LogP contribution in [-0.2, 0) is 0 Å². The zero-order chi connectivity index (χ0) is 64.1. The van der Waals surface area contributed by atoms with Crippen LogP contribution in [0.4, 0.5) is 0 Å². The second kappa shape index (κ2) is 21.2. The van der Waals surface area contributed by atoms with E-state index in [1.807, 2.05) is 47.7 Å². The molecule has 98 heavy (non-hydrogen) atoms. The lowest BCUT2D eigenvalue weighted by Crippen LogP contribution is -2.06. The molecule has 10 heteroatoms. The molecule has 0 radical (unpaired) electrons. The molecule has 0 fully saturated rings. The number of hydrogen-bond acceptors (Lipinski definition) is 6. The molecule has 0 N–H and O–H groups in total. The number of furan rings is 1. The van der Waals surface area contributed by atoms with Crippen LogP contribution in [0.3, 0.4) is 0 Å². The molecule has 0 aliphatic rings. The highest BCUT2D eigenvalue weighted by Crippen LogP contribution is 2.43. The van der Waals surface area contributed by atoms with Gasteiger partial charge in [-0.3, -0.25) is 17.9 Å². The molecular weight excluding hydrogens is 1220 g/mol. The summed E-state index contributed by atoms with van der Waals surface area (Å²) in [5.41, 5.74) is 23.5. The van der Waals surface area contributed by atoms with Crippen LogP contribution in [0.1, 0.15) is 0 Å². The molecule has 0 unspecified atom stereocenters. The molecule has 0 spiro atoms. The minimum atomic E-state index is 0.827. The summed E-state index contributed by atoms with van der Waals surface area (Å²) in [5, 5.41) is 11.8. The number of rotatable bonds is 6. The molecule has 0 bridgehead atoms. The standard InChI is InChI=1S/C44H26N4O.C44H26N4S/c1-4-12-36-33(11-1)43-45-37-13-5-7-15-40(37)48(43)44(46-36)47-38-14-6-2-9-31(38)34-25-29(21-23-39(34)47)27-17-19-28(20-18-27)30-22-24-42-35(26-30)32-10-3-8-16-41(32)49-42;1-4-15-36-34(12-1)43-45-37-16-5-7-18-40(37)48(43)44(46-36)47-38-17-6-2-10-31(38)35-26-29(24-25-39(35)47)27-20-22-28(23-21-27)30-13-9-14-33-32-11-3-8-19-41(32)49-42(30)33/h2*1-26H. The average Bonchev–Trinajstić information content (AvgIpc) is 1.56. The van der Waals surface area contributed by atoms with Gasteiger partial charge in [0.25, 0.3) is 0 Å². The van der Waals surface area contributed by atoms with Gasteiger partial charge in [-0.15, -0.1) is 11.3 Å². The van der Waals surface area contributed by atoms with Gasteiger partial charge < -0.3 is 4.42 Å². The first kappa shape index (κ1) is 54.4. The third-order valence-electron chi connectivity index (χ3n) is 19.9. The second-order valence-corrected chi connectivity index (χ2v) is 26.3. The Morgan fingerprint density at radius 3 is 1.18 bits per heavy atom. The fraction of sp³-hybridized carbons (Fsp3) is 0. The second-order valence-electron chi connectivity index (χ2n) is 25.3. The van der Waals surface area contributed by atoms with E-state index in [0.717, 1.165) is 111 Å². The minimum Gasteiger partial charge on any atom is -0.456 e. The maximum atomic E-state index is 6.06. The van der Waals surface area contributed by atoms with Crippen molar-refractivity contribution >= 4 is 152 Å². The molecule has 8 aromatic heterocycles. The number of thiophene rings is 1. The zero-order valence-electron chi connectivity index (χ0n) is 52.4. The third kappa shape index (κ3) is 8.25. The van der Waals surface area contributed by atoms with E-state index >= 15 is 0 Å². The Bertz CT molecular complexity index is 7050. The Kier molecular flexibility index (Phi) is 11.8. The van der Waals surface area contributed by atoms with Crippen molar-refractivity contribution in [1.29, 1.82) is 0 Å². The van der Waals surface area contributed by atoms with E-state index in [1.165, 1.54) is 86.2 Å². The first-order valence-electron chi connectivity index (χ1n) is 33.0. The van der Waals surface area contributed by atoms with E-state index in [2.05, 4.69) is 297 Å². The molecule has 8 heterocycles. The van der Waals surface area contributed by atoms with Gasteiger partial charge in [-0.2, -0.15) is 0 Å². The predicted octanol–water partition coefficient (Wildman–Crippen LogP) is 23.2. The number of imidazole rings is 2. The topological polar surface area (TPSA) is 83.4 Å². The van der Waals surface area contributed by atoms with E-state index in [4.69, 9.17) is 24.4 Å². The van der Waals surface area contributed by atoms with Crippen LogP contribution in [-0.4, -0.2) is 37.9 Å². The van der Waals surface area contributed by atoms with E-state index in [-0.39, 0.29) is 0 Å². The number of benzene rings is 14. The van der Waals surface area contributed by atoms with Crippen LogP contribution >= 0.6 is 11.3 Å². The molecule has 0 saturated heterocycles. The lowest BCUT2D eigenvalue weighted by atomic mass is 9.98. The Labute approximate surface area is 562 Å². The van der Waals surface area contributed by atoms with Gasteiger partial charge in [0.2, 0.25) is 11.9 Å². The lowest BCUT2D eigenvalue weighted by Gasteiger charge is -2.12. The molecular formula is C88H52N8OS. The normalized spacial score (nSPS) is 12.1. The fourth-order valence-electron chi connectivity index (χ4n) is 15.3. The number of para-hydroxylation sites is 9. The highest BCUT2D eigenvalue weighted by Gasteiger charge is 2.23. The van der Waals surface area contributed by atoms with Crippen molar-refractivity contribution in [2.45, 2.75) is 0 Å². The molecule has 456 valence electrons. The molecule has 0 saturated carbocycles. The van der Waals surface area contributed by atoms with Crippen LogP contribution in [0.2, 0.25) is 0 Å². The van der Waals surface area contributed by atoms with E-state index < -0.39 is 0 Å². The summed E-state index contributed by atoms with van der Waals surface area (Å²) in [6.45, 7) is 0. The highest BCUT2D eigenvalue weighted by molar-refractivity contribution is 7.26. The number of aromatic nitrogens is 8. The van der Waals surface area contributed by atoms with Crippen molar-refractivity contribution < 1.29 is 4.42 Å². The Morgan fingerprint density at radius 1 is 0.245 bits per heavy atom. The van der Waals surface area contributed by atoms with Crippen molar-refractivity contribution in [3.8, 4) is 56.4 Å². The van der Waals surface area contributed by atoms with E-state index in [0.29, 0.717) is 0 Å². The molecule has 0 amide bonds. The quantitative estimate of drug-likeness (QED) is 0.166. The molecule has 22 aromatic rings. The van der Waals surface area contributed by atoms with Crippen LogP contribution in [0, 0.1) is 0 Å². The summed E-state index contributed by atoms with van der Waals surface area (Å²) >= 11 is 1.88. The molecule has 0 aliphatic carbocycles. The third-order valence-corrected chi connectivity index (χ3v) is 21.1. The van der Waals surface area contributed by atoms with Crippen molar-refractivity contribution in [2.75, 3.05) is 0 Å². The SMILES string of the molecule is c1ccc2c(c1)nc(-n1c3ccccc3c3cc(-c4ccc(-c5ccc6oc7ccccc7c6c5)cc4)ccc31)n1c3ccccc3nc21.c1ccc2c(c1)nc(-n1c3ccccc3c3cc(-c4ccc(-c5cccc6c5sc5ccccc56)cc4)ccc31)n1c3ccccc3nc21. The summed E-state index contributed by atoms with van der Waals surface area (Å²) in [6.07, 6.45) is 0. The Balaban J connectivity index is 0.000000129. The fourth-order valence-corrected chi connectivity index (χ4v) is 16.5. The number of fused-ring (bicyclic) bond motifs is 22. The van der Waals surface area contributed by atoms with Crippen molar-refractivity contribution in [1.82, 2.24) is 37.9 Å².